The van der Waals surface area contributed by atoms with Gasteiger partial charge in [-0.3, -0.25) is 0 Å². The number of hydrogen-bond acceptors (Lipinski definition) is 3. The molecule has 3 atom stereocenters. The van der Waals surface area contributed by atoms with Crippen molar-refractivity contribution in [3.8, 4) is 5.88 Å². The van der Waals surface area contributed by atoms with Gasteiger partial charge in [-0.2, -0.15) is 4.98 Å². The average molecular weight is 269 g/mol. The normalized spacial score (nSPS) is 28.1. The quantitative estimate of drug-likeness (QED) is 0.784. The summed E-state index contributed by atoms with van der Waals surface area (Å²) in [5.74, 6) is 3.31. The van der Waals surface area contributed by atoms with Crippen LogP contribution in [-0.4, -0.2) is 16.1 Å². The zero-order chi connectivity index (χ0) is 13.1. The van der Waals surface area contributed by atoms with Gasteiger partial charge in [0, 0.05) is 11.8 Å². The van der Waals surface area contributed by atoms with E-state index in [2.05, 4.69) is 23.8 Å². The number of rotatable bonds is 3. The van der Waals surface area contributed by atoms with Crippen LogP contribution < -0.4 is 4.74 Å². The smallest absolute Gasteiger partial charge is 0.221 e. The average Bonchev–Trinajstić information content (AvgIpc) is 2.34. The lowest BCUT2D eigenvalue weighted by Gasteiger charge is -2.32. The van der Waals surface area contributed by atoms with Gasteiger partial charge < -0.3 is 4.74 Å². The summed E-state index contributed by atoms with van der Waals surface area (Å²) in [6, 6.07) is 0. The molecule has 100 valence electrons. The van der Waals surface area contributed by atoms with Gasteiger partial charge in [0.2, 0.25) is 5.88 Å². The SMILES string of the molecule is Cc1ncc(CCl)c(OC2CCC(C)C(C)C2)n1. The molecule has 1 heterocycles. The summed E-state index contributed by atoms with van der Waals surface area (Å²) in [6.45, 7) is 6.49. The Kier molecular flexibility index (Phi) is 4.44. The first-order chi connectivity index (χ1) is 8.60. The Labute approximate surface area is 114 Å². The van der Waals surface area contributed by atoms with Crippen molar-refractivity contribution in [1.82, 2.24) is 9.97 Å². The standard InChI is InChI=1S/C14H21ClN2O/c1-9-4-5-13(6-10(9)2)18-14-12(7-15)8-16-11(3)17-14/h8-10,13H,4-7H2,1-3H3. The van der Waals surface area contributed by atoms with Crippen molar-refractivity contribution in [3.63, 3.8) is 0 Å². The third-order valence-corrected chi connectivity index (χ3v) is 4.21. The van der Waals surface area contributed by atoms with Crippen molar-refractivity contribution in [2.75, 3.05) is 0 Å². The van der Waals surface area contributed by atoms with E-state index < -0.39 is 0 Å². The van der Waals surface area contributed by atoms with Gasteiger partial charge in [0.05, 0.1) is 5.88 Å². The third kappa shape index (κ3) is 3.14. The monoisotopic (exact) mass is 268 g/mol. The summed E-state index contributed by atoms with van der Waals surface area (Å²) in [7, 11) is 0. The second kappa shape index (κ2) is 5.87. The summed E-state index contributed by atoms with van der Waals surface area (Å²) in [5, 5.41) is 0. The molecule has 1 saturated carbocycles. The van der Waals surface area contributed by atoms with Crippen LogP contribution in [0, 0.1) is 18.8 Å². The Bertz CT molecular complexity index is 411. The molecule has 18 heavy (non-hydrogen) atoms. The van der Waals surface area contributed by atoms with E-state index in [4.69, 9.17) is 16.3 Å². The van der Waals surface area contributed by atoms with E-state index >= 15 is 0 Å². The first kappa shape index (κ1) is 13.6. The number of aryl methyl sites for hydroxylation is 1. The highest BCUT2D eigenvalue weighted by atomic mass is 35.5. The zero-order valence-corrected chi connectivity index (χ0v) is 12.1. The van der Waals surface area contributed by atoms with E-state index in [1.54, 1.807) is 6.20 Å². The number of ether oxygens (including phenoxy) is 1. The molecule has 4 heteroatoms. The molecule has 0 amide bonds. The fourth-order valence-corrected chi connectivity index (χ4v) is 2.61. The Balaban J connectivity index is 2.07. The van der Waals surface area contributed by atoms with Crippen LogP contribution in [0.1, 0.15) is 44.5 Å². The first-order valence-corrected chi connectivity index (χ1v) is 7.18. The van der Waals surface area contributed by atoms with Gasteiger partial charge >= 0.3 is 0 Å². The molecular weight excluding hydrogens is 248 g/mol. The lowest BCUT2D eigenvalue weighted by molar-refractivity contribution is 0.0953. The third-order valence-electron chi connectivity index (χ3n) is 3.92. The Morgan fingerprint density at radius 3 is 2.78 bits per heavy atom. The van der Waals surface area contributed by atoms with Crippen LogP contribution in [0.3, 0.4) is 0 Å². The second-order valence-electron chi connectivity index (χ2n) is 5.39. The van der Waals surface area contributed by atoms with Gasteiger partial charge in [-0.05, 0) is 38.0 Å². The lowest BCUT2D eigenvalue weighted by atomic mass is 9.80. The molecule has 2 rings (SSSR count). The Morgan fingerprint density at radius 1 is 1.33 bits per heavy atom. The van der Waals surface area contributed by atoms with E-state index in [9.17, 15) is 0 Å². The molecule has 1 fully saturated rings. The van der Waals surface area contributed by atoms with Gasteiger partial charge in [0.15, 0.2) is 0 Å². The van der Waals surface area contributed by atoms with E-state index in [1.165, 1.54) is 6.42 Å². The van der Waals surface area contributed by atoms with E-state index in [0.29, 0.717) is 17.7 Å². The van der Waals surface area contributed by atoms with Crippen LogP contribution in [0.4, 0.5) is 0 Å². The minimum atomic E-state index is 0.271. The molecule has 0 aliphatic heterocycles. The molecule has 0 bridgehead atoms. The fourth-order valence-electron chi connectivity index (χ4n) is 2.43. The molecule has 0 spiro atoms. The predicted molar refractivity (Wildman–Crippen MR) is 72.9 cm³/mol. The van der Waals surface area contributed by atoms with Crippen LogP contribution in [-0.2, 0) is 5.88 Å². The van der Waals surface area contributed by atoms with Gasteiger partial charge in [0.25, 0.3) is 0 Å². The summed E-state index contributed by atoms with van der Waals surface area (Å²) in [5.41, 5.74) is 0.883. The Morgan fingerprint density at radius 2 is 2.11 bits per heavy atom. The number of halogens is 1. The van der Waals surface area contributed by atoms with Crippen molar-refractivity contribution in [2.24, 2.45) is 11.8 Å². The van der Waals surface area contributed by atoms with Crippen LogP contribution in [0.2, 0.25) is 0 Å². The van der Waals surface area contributed by atoms with Crippen molar-refractivity contribution in [3.05, 3.63) is 17.6 Å². The highest BCUT2D eigenvalue weighted by Gasteiger charge is 2.26. The maximum absolute atomic E-state index is 6.04. The van der Waals surface area contributed by atoms with Crippen LogP contribution >= 0.6 is 11.6 Å². The number of hydrogen-bond donors (Lipinski definition) is 0. The molecule has 0 saturated heterocycles. The number of aromatic nitrogens is 2. The van der Waals surface area contributed by atoms with Crippen molar-refractivity contribution >= 4 is 11.6 Å². The Hall–Kier alpha value is -0.830. The minimum absolute atomic E-state index is 0.271. The van der Waals surface area contributed by atoms with Gasteiger partial charge in [-0.15, -0.1) is 11.6 Å². The second-order valence-corrected chi connectivity index (χ2v) is 5.66. The highest BCUT2D eigenvalue weighted by Crippen LogP contribution is 2.32. The largest absolute Gasteiger partial charge is 0.474 e. The molecular formula is C14H21ClN2O. The lowest BCUT2D eigenvalue weighted by Crippen LogP contribution is -2.29. The molecule has 1 aliphatic rings. The summed E-state index contributed by atoms with van der Waals surface area (Å²) < 4.78 is 6.04. The van der Waals surface area contributed by atoms with Gasteiger partial charge in [-0.1, -0.05) is 13.8 Å². The first-order valence-electron chi connectivity index (χ1n) is 6.65. The maximum Gasteiger partial charge on any atom is 0.221 e. The molecule has 0 N–H and O–H groups in total. The summed E-state index contributed by atoms with van der Waals surface area (Å²) in [4.78, 5) is 8.52. The molecule has 1 aromatic heterocycles. The minimum Gasteiger partial charge on any atom is -0.474 e. The van der Waals surface area contributed by atoms with Crippen LogP contribution in [0.15, 0.2) is 6.20 Å². The van der Waals surface area contributed by atoms with Crippen molar-refractivity contribution < 1.29 is 4.74 Å². The van der Waals surface area contributed by atoms with Crippen molar-refractivity contribution in [1.29, 1.82) is 0 Å². The highest BCUT2D eigenvalue weighted by molar-refractivity contribution is 6.17. The molecule has 1 aromatic rings. The fraction of sp³-hybridized carbons (Fsp3) is 0.714. The summed E-state index contributed by atoms with van der Waals surface area (Å²) in [6.07, 6.45) is 5.47. The predicted octanol–water partition coefficient (Wildman–Crippen LogP) is 3.73. The van der Waals surface area contributed by atoms with Gasteiger partial charge in [0.1, 0.15) is 11.9 Å². The molecule has 1 aliphatic carbocycles. The molecule has 3 nitrogen and oxygen atoms in total. The summed E-state index contributed by atoms with van der Waals surface area (Å²) >= 11 is 5.89. The van der Waals surface area contributed by atoms with Gasteiger partial charge in [-0.25, -0.2) is 4.98 Å². The number of nitrogens with zero attached hydrogens (tertiary/aromatic N) is 2. The molecule has 3 unspecified atom stereocenters. The van der Waals surface area contributed by atoms with E-state index in [0.717, 1.165) is 30.1 Å². The molecule has 0 aromatic carbocycles. The van der Waals surface area contributed by atoms with Crippen molar-refractivity contribution in [2.45, 2.75) is 52.0 Å². The zero-order valence-electron chi connectivity index (χ0n) is 11.3. The number of alkyl halides is 1. The maximum atomic E-state index is 6.04. The van der Waals surface area contributed by atoms with E-state index in [-0.39, 0.29) is 6.10 Å². The van der Waals surface area contributed by atoms with E-state index in [1.807, 2.05) is 6.92 Å². The topological polar surface area (TPSA) is 35.0 Å². The van der Waals surface area contributed by atoms with Crippen LogP contribution in [0.5, 0.6) is 5.88 Å². The van der Waals surface area contributed by atoms with Crippen LogP contribution in [0.25, 0.3) is 0 Å². The molecule has 0 radical (unpaired) electrons.